The van der Waals surface area contributed by atoms with Crippen molar-refractivity contribution in [3.8, 4) is 0 Å². The molecule has 3 N–H and O–H groups in total. The number of urea groups is 1. The number of piperidine rings is 1. The normalized spacial score (nSPS) is 23.2. The number of likely N-dealkylation sites (tertiary alicyclic amines) is 1. The van der Waals surface area contributed by atoms with Crippen molar-refractivity contribution >= 4 is 22.5 Å². The van der Waals surface area contributed by atoms with E-state index < -0.39 is 0 Å². The molecule has 2 saturated carbocycles. The quantitative estimate of drug-likeness (QED) is 0.733. The fraction of sp³-hybridized carbons (Fsp3) is 0.818. The lowest BCUT2D eigenvalue weighted by Crippen LogP contribution is -2.50. The van der Waals surface area contributed by atoms with Crippen molar-refractivity contribution in [1.29, 1.82) is 0 Å². The molecule has 4 rings (SSSR count). The van der Waals surface area contributed by atoms with E-state index >= 15 is 0 Å². The molecule has 1 aromatic rings. The maximum Gasteiger partial charge on any atom is 0.324 e. The van der Waals surface area contributed by atoms with Crippen molar-refractivity contribution in [3.63, 3.8) is 0 Å². The number of thiazole rings is 1. The Hall–Kier alpha value is -1.18. The van der Waals surface area contributed by atoms with E-state index in [1.807, 2.05) is 6.20 Å². The number of anilines is 1. The third kappa shape index (κ3) is 5.70. The number of carbonyl (C=O) groups is 1. The van der Waals surface area contributed by atoms with Crippen LogP contribution in [0, 0.1) is 0 Å². The summed E-state index contributed by atoms with van der Waals surface area (Å²) in [5.41, 5.74) is 6.01. The van der Waals surface area contributed by atoms with Crippen LogP contribution in [0.25, 0.3) is 0 Å². The number of nitrogens with zero attached hydrogens (tertiary/aromatic N) is 3. The molecule has 2 aliphatic carbocycles. The molecule has 3 aliphatic rings. The van der Waals surface area contributed by atoms with Gasteiger partial charge in [-0.15, -0.1) is 11.3 Å². The van der Waals surface area contributed by atoms with E-state index in [0.717, 1.165) is 63.3 Å². The zero-order valence-electron chi connectivity index (χ0n) is 17.7. The third-order valence-corrected chi connectivity index (χ3v) is 7.85. The SMILES string of the molecule is NC1CCN(Cc2cnc(NC(=O)N(C3CCCCC3)C3CCCCC3)s2)CC1. The minimum atomic E-state index is 0.0775. The summed E-state index contributed by atoms with van der Waals surface area (Å²) < 4.78 is 0. The van der Waals surface area contributed by atoms with Crippen molar-refractivity contribution in [2.24, 2.45) is 5.73 Å². The zero-order chi connectivity index (χ0) is 20.1. The van der Waals surface area contributed by atoms with Crippen LogP contribution in [0.4, 0.5) is 9.93 Å². The van der Waals surface area contributed by atoms with Gasteiger partial charge in [0.2, 0.25) is 0 Å². The first kappa shape index (κ1) is 21.1. The Morgan fingerprint density at radius 1 is 1.03 bits per heavy atom. The molecule has 29 heavy (non-hydrogen) atoms. The molecule has 0 radical (unpaired) electrons. The molecule has 1 aliphatic heterocycles. The van der Waals surface area contributed by atoms with Gasteiger partial charge in [-0.3, -0.25) is 10.2 Å². The first-order chi connectivity index (χ1) is 14.2. The average Bonchev–Trinajstić information content (AvgIpc) is 3.18. The van der Waals surface area contributed by atoms with E-state index in [0.29, 0.717) is 18.1 Å². The van der Waals surface area contributed by atoms with Crippen LogP contribution in [0.1, 0.15) is 81.9 Å². The number of hydrogen-bond acceptors (Lipinski definition) is 5. The summed E-state index contributed by atoms with van der Waals surface area (Å²) in [7, 11) is 0. The van der Waals surface area contributed by atoms with Gasteiger partial charge in [0, 0.05) is 35.7 Å². The molecule has 2 amide bonds. The number of nitrogens with two attached hydrogens (primary N) is 1. The Kier molecular flexibility index (Phi) is 7.43. The van der Waals surface area contributed by atoms with Gasteiger partial charge in [-0.25, -0.2) is 9.78 Å². The van der Waals surface area contributed by atoms with Crippen LogP contribution in [0.3, 0.4) is 0 Å². The second-order valence-electron chi connectivity index (χ2n) is 9.17. The van der Waals surface area contributed by atoms with Crippen LogP contribution >= 0.6 is 11.3 Å². The topological polar surface area (TPSA) is 74.5 Å². The summed E-state index contributed by atoms with van der Waals surface area (Å²) in [5, 5.41) is 3.90. The fourth-order valence-electron chi connectivity index (χ4n) is 5.27. The number of hydrogen-bond donors (Lipinski definition) is 2. The van der Waals surface area contributed by atoms with Crippen molar-refractivity contribution in [1.82, 2.24) is 14.8 Å². The summed E-state index contributed by atoms with van der Waals surface area (Å²) in [5.74, 6) is 0. The van der Waals surface area contributed by atoms with E-state index in [1.54, 1.807) is 11.3 Å². The van der Waals surface area contributed by atoms with E-state index in [4.69, 9.17) is 5.73 Å². The van der Waals surface area contributed by atoms with Crippen LogP contribution in [-0.2, 0) is 6.54 Å². The minimum Gasteiger partial charge on any atom is -0.328 e. The second-order valence-corrected chi connectivity index (χ2v) is 10.3. The largest absolute Gasteiger partial charge is 0.328 e. The van der Waals surface area contributed by atoms with Gasteiger partial charge in [0.15, 0.2) is 5.13 Å². The maximum absolute atomic E-state index is 13.3. The number of carbonyl (C=O) groups excluding carboxylic acids is 1. The molecule has 0 unspecified atom stereocenters. The lowest BCUT2D eigenvalue weighted by atomic mass is 9.89. The second kappa shape index (κ2) is 10.2. The monoisotopic (exact) mass is 419 g/mol. The summed E-state index contributed by atoms with van der Waals surface area (Å²) in [4.78, 5) is 23.7. The fourth-order valence-corrected chi connectivity index (χ4v) is 6.12. The minimum absolute atomic E-state index is 0.0775. The molecular weight excluding hydrogens is 382 g/mol. The summed E-state index contributed by atoms with van der Waals surface area (Å²) in [6.07, 6.45) is 16.3. The first-order valence-electron chi connectivity index (χ1n) is 11.7. The van der Waals surface area contributed by atoms with Gasteiger partial charge in [-0.2, -0.15) is 0 Å². The molecule has 1 saturated heterocycles. The highest BCUT2D eigenvalue weighted by atomic mass is 32.1. The Labute approximate surface area is 179 Å². The number of rotatable bonds is 5. The lowest BCUT2D eigenvalue weighted by molar-refractivity contribution is 0.114. The Morgan fingerprint density at radius 3 is 2.21 bits per heavy atom. The Balaban J connectivity index is 1.37. The molecule has 6 nitrogen and oxygen atoms in total. The predicted molar refractivity (Wildman–Crippen MR) is 119 cm³/mol. The molecule has 0 aromatic carbocycles. The Bertz CT molecular complexity index is 627. The van der Waals surface area contributed by atoms with Crippen molar-refractivity contribution in [3.05, 3.63) is 11.1 Å². The summed E-state index contributed by atoms with van der Waals surface area (Å²) >= 11 is 1.62. The van der Waals surface area contributed by atoms with Gasteiger partial charge in [0.25, 0.3) is 0 Å². The highest BCUT2D eigenvalue weighted by Crippen LogP contribution is 2.31. The van der Waals surface area contributed by atoms with Crippen LogP contribution in [0.15, 0.2) is 6.20 Å². The van der Waals surface area contributed by atoms with Gasteiger partial charge in [0.05, 0.1) is 0 Å². The lowest BCUT2D eigenvalue weighted by Gasteiger charge is -2.41. The zero-order valence-corrected chi connectivity index (χ0v) is 18.5. The van der Waals surface area contributed by atoms with Crippen LogP contribution in [-0.4, -0.2) is 52.0 Å². The van der Waals surface area contributed by atoms with Gasteiger partial charge in [-0.1, -0.05) is 38.5 Å². The van der Waals surface area contributed by atoms with Crippen molar-refractivity contribution < 1.29 is 4.79 Å². The van der Waals surface area contributed by atoms with Gasteiger partial charge >= 0.3 is 6.03 Å². The van der Waals surface area contributed by atoms with Gasteiger partial charge in [0.1, 0.15) is 0 Å². The molecule has 3 fully saturated rings. The number of nitrogens with one attached hydrogen (secondary N) is 1. The molecular formula is C22H37N5OS. The van der Waals surface area contributed by atoms with Crippen LogP contribution in [0.5, 0.6) is 0 Å². The summed E-state index contributed by atoms with van der Waals surface area (Å²) in [6.45, 7) is 3.02. The predicted octanol–water partition coefficient (Wildman–Crippen LogP) is 4.57. The molecule has 0 bridgehead atoms. The molecule has 0 spiro atoms. The molecule has 0 atom stereocenters. The van der Waals surface area contributed by atoms with Gasteiger partial charge < -0.3 is 10.6 Å². The smallest absolute Gasteiger partial charge is 0.324 e. The van der Waals surface area contributed by atoms with Crippen molar-refractivity contribution in [2.75, 3.05) is 18.4 Å². The van der Waals surface area contributed by atoms with E-state index in [-0.39, 0.29) is 6.03 Å². The van der Waals surface area contributed by atoms with E-state index in [1.165, 1.54) is 43.4 Å². The molecule has 2 heterocycles. The first-order valence-corrected chi connectivity index (χ1v) is 12.5. The van der Waals surface area contributed by atoms with Gasteiger partial charge in [-0.05, 0) is 51.6 Å². The molecule has 162 valence electrons. The highest BCUT2D eigenvalue weighted by molar-refractivity contribution is 7.15. The average molecular weight is 420 g/mol. The standard InChI is InChI=1S/C22H37N5OS/c23-17-11-13-26(14-12-17)16-20-15-24-21(29-20)25-22(28)27(18-7-3-1-4-8-18)19-9-5-2-6-10-19/h15,17-19H,1-14,16,23H2,(H,24,25,28). The highest BCUT2D eigenvalue weighted by Gasteiger charge is 2.32. The molecule has 7 heteroatoms. The number of aromatic nitrogens is 1. The third-order valence-electron chi connectivity index (χ3n) is 6.95. The maximum atomic E-state index is 13.3. The Morgan fingerprint density at radius 2 is 1.62 bits per heavy atom. The van der Waals surface area contributed by atoms with Crippen molar-refractivity contribution in [2.45, 2.75) is 102 Å². The van der Waals surface area contributed by atoms with Crippen LogP contribution in [0.2, 0.25) is 0 Å². The van der Waals surface area contributed by atoms with Crippen LogP contribution < -0.4 is 11.1 Å². The van der Waals surface area contributed by atoms with E-state index in [2.05, 4.69) is 20.1 Å². The van der Waals surface area contributed by atoms with E-state index in [9.17, 15) is 4.79 Å². The number of amides is 2. The molecule has 1 aromatic heterocycles. The summed E-state index contributed by atoms with van der Waals surface area (Å²) in [6, 6.07) is 1.24.